The summed E-state index contributed by atoms with van der Waals surface area (Å²) < 4.78 is 27.8. The molecule has 0 unspecified atom stereocenters. The van der Waals surface area contributed by atoms with Crippen molar-refractivity contribution in [2.75, 3.05) is 0 Å². The van der Waals surface area contributed by atoms with E-state index in [-0.39, 0.29) is 28.2 Å². The second-order valence-corrected chi connectivity index (χ2v) is 20.0. The number of nitrogens with zero attached hydrogens (tertiary/aromatic N) is 12. The van der Waals surface area contributed by atoms with Crippen LogP contribution in [0.1, 0.15) is 135 Å². The lowest BCUT2D eigenvalue weighted by Gasteiger charge is -2.29. The lowest BCUT2D eigenvalue weighted by atomic mass is 9.75. The minimum atomic E-state index is -0.438. The Labute approximate surface area is 445 Å². The van der Waals surface area contributed by atoms with Crippen molar-refractivity contribution in [3.05, 3.63) is 176 Å². The molecule has 384 valence electrons. The fraction of sp³-hybridized carbons (Fsp3) is 0.224. The molecule has 0 amide bonds. The fourth-order valence-corrected chi connectivity index (χ4v) is 9.03. The summed E-state index contributed by atoms with van der Waals surface area (Å²) in [6.07, 6.45) is 5.07. The molecular weight excluding hydrogens is 993 g/mol. The minimum Gasteiger partial charge on any atom is -0.294 e. The second kappa shape index (κ2) is 22.0. The molecule has 3 aromatic carbocycles. The van der Waals surface area contributed by atoms with Crippen LogP contribution in [0.15, 0.2) is 97.1 Å². The van der Waals surface area contributed by atoms with Gasteiger partial charge in [0.05, 0.1) is 17.1 Å². The van der Waals surface area contributed by atoms with Gasteiger partial charge >= 0.3 is 0 Å². The summed E-state index contributed by atoms with van der Waals surface area (Å²) in [6, 6.07) is 27.0. The number of Topliss-reactive ketones (excluding diaryl/α,β-unsaturated/α-hetero) is 3. The minimum absolute atomic E-state index is 0.106. The molecule has 12 rings (SSSR count). The highest BCUT2D eigenvalue weighted by Crippen LogP contribution is 2.35. The van der Waals surface area contributed by atoms with Gasteiger partial charge in [-0.05, 0) is 156 Å². The molecule has 0 saturated carbocycles. The Kier molecular flexibility index (Phi) is 14.5. The molecule has 0 radical (unpaired) electrons. The van der Waals surface area contributed by atoms with Gasteiger partial charge in [-0.3, -0.25) is 14.4 Å². The van der Waals surface area contributed by atoms with Crippen LogP contribution in [0, 0.1) is 58.0 Å². The van der Waals surface area contributed by atoms with Gasteiger partial charge in [0.15, 0.2) is 17.3 Å². The summed E-state index contributed by atoms with van der Waals surface area (Å²) >= 11 is 0. The van der Waals surface area contributed by atoms with Crippen LogP contribution in [0.4, 0.5) is 8.78 Å². The number of aryl methyl sites for hydroxylation is 2. The van der Waals surface area contributed by atoms with Crippen molar-refractivity contribution in [1.29, 1.82) is 0 Å². The number of fused-ring (bicyclic) bond motifs is 3. The Bertz CT molecular complexity index is 3970. The van der Waals surface area contributed by atoms with Gasteiger partial charge in [-0.15, -0.1) is 30.6 Å². The van der Waals surface area contributed by atoms with Crippen LogP contribution < -0.4 is 0 Å². The second-order valence-electron chi connectivity index (χ2n) is 20.0. The van der Waals surface area contributed by atoms with Gasteiger partial charge in [-0.25, -0.2) is 23.7 Å². The fourth-order valence-electron chi connectivity index (χ4n) is 9.03. The largest absolute Gasteiger partial charge is 0.294 e. The van der Waals surface area contributed by atoms with Crippen LogP contribution in [-0.4, -0.2) is 94.2 Å². The van der Waals surface area contributed by atoms with E-state index in [0.29, 0.717) is 80.8 Å². The highest BCUT2D eigenvalue weighted by atomic mass is 19.1. The number of halogens is 2. The number of hydrogen-bond acceptors (Lipinski definition) is 15. The number of ketones is 3. The summed E-state index contributed by atoms with van der Waals surface area (Å²) in [5.74, 6) is 18.5. The Balaban J connectivity index is 0.000000133. The maximum absolute atomic E-state index is 13.9. The summed E-state index contributed by atoms with van der Waals surface area (Å²) in [4.78, 5) is 50.1. The lowest BCUT2D eigenvalue weighted by Crippen LogP contribution is -2.31. The molecule has 78 heavy (non-hydrogen) atoms. The molecule has 0 fully saturated rings. The monoisotopic (exact) mass is 1040 g/mol. The molecule has 20 heteroatoms. The molecule has 9 aromatic rings. The number of carbonyl (C=O) groups excluding carboxylic acids is 3. The third-order valence-electron chi connectivity index (χ3n) is 12.9. The van der Waals surface area contributed by atoms with E-state index in [9.17, 15) is 23.2 Å². The van der Waals surface area contributed by atoms with E-state index in [1.165, 1.54) is 24.3 Å². The first-order chi connectivity index (χ1) is 37.6. The van der Waals surface area contributed by atoms with E-state index in [4.69, 9.17) is 0 Å². The van der Waals surface area contributed by atoms with E-state index < -0.39 is 11.6 Å². The summed E-state index contributed by atoms with van der Waals surface area (Å²) in [6.45, 7) is 8.02. The van der Waals surface area contributed by atoms with Gasteiger partial charge in [-0.1, -0.05) is 57.6 Å². The molecule has 0 spiro atoms. The number of tetrazole rings is 3. The lowest BCUT2D eigenvalue weighted by molar-refractivity contribution is 0.0808. The van der Waals surface area contributed by atoms with Crippen LogP contribution in [-0.2, 0) is 19.3 Å². The zero-order valence-corrected chi connectivity index (χ0v) is 42.5. The number of benzene rings is 3. The highest BCUT2D eigenvalue weighted by Gasteiger charge is 2.35. The molecule has 0 bridgehead atoms. The van der Waals surface area contributed by atoms with Crippen LogP contribution >= 0.6 is 0 Å². The first-order valence-electron chi connectivity index (χ1n) is 24.7. The van der Waals surface area contributed by atoms with E-state index in [1.54, 1.807) is 42.5 Å². The molecule has 3 aliphatic rings. The number of pyridine rings is 3. The van der Waals surface area contributed by atoms with Gasteiger partial charge in [-0.2, -0.15) is 15.6 Å². The van der Waals surface area contributed by atoms with E-state index in [1.807, 2.05) is 44.2 Å². The number of carbonyl (C=O) groups is 3. The Morgan fingerprint density at radius 3 is 1.51 bits per heavy atom. The third-order valence-corrected chi connectivity index (χ3v) is 12.9. The van der Waals surface area contributed by atoms with Crippen molar-refractivity contribution < 1.29 is 23.2 Å². The van der Waals surface area contributed by atoms with Crippen molar-refractivity contribution >= 4 is 17.3 Å². The standard InChI is InChI=1S/2C20H16FN5O.C18H13N5O/c1-20(2)10-17-16(18(27)11-20)6-5-15(22-17)4-3-12-7-13(9-14(21)8-12)19-23-25-26-24-19;1-20(2)8-7-17-16(18(20)27)6-5-15(22-17)4-3-12-9-13(11-14(21)10-12)19-23-25-26-24-19;24-17-6-2-5-16-15(17)10-9-14(19-16)8-7-12-3-1-4-13(11-12)18-20-22-23-21-18/h5-9H,10-11H2,1-2H3,(H,23,24,25,26);5-6,9-11H,7-8H2,1-2H3,(H,23,24,25,26);1,3-4,9-11H,2,5-6H2,(H,20,21,22,23). The predicted octanol–water partition coefficient (Wildman–Crippen LogP) is 8.09. The molecule has 6 heterocycles. The topological polar surface area (TPSA) is 253 Å². The van der Waals surface area contributed by atoms with Crippen molar-refractivity contribution in [3.8, 4) is 69.7 Å². The highest BCUT2D eigenvalue weighted by molar-refractivity contribution is 6.02. The summed E-state index contributed by atoms with van der Waals surface area (Å²) in [5.41, 5.74) is 9.41. The van der Waals surface area contributed by atoms with Crippen LogP contribution in [0.5, 0.6) is 0 Å². The Morgan fingerprint density at radius 1 is 0.474 bits per heavy atom. The molecule has 3 aliphatic carbocycles. The number of hydrogen-bond donors (Lipinski definition) is 3. The maximum atomic E-state index is 13.9. The number of aromatic amines is 3. The summed E-state index contributed by atoms with van der Waals surface area (Å²) in [7, 11) is 0. The SMILES string of the molecule is CC1(C)CC(=O)c2ccc(C#Cc3cc(F)cc(-c4nn[nH]n4)c3)nc2C1.CC1(C)CCc2nc(C#Cc3cc(F)cc(-c4nn[nH]n4)c3)ccc2C1=O.O=C1CCCc2nc(C#Cc3cccc(-c4nn[nH]n4)c3)ccc21. The van der Waals surface area contributed by atoms with Crippen molar-refractivity contribution in [3.63, 3.8) is 0 Å². The average Bonchev–Trinajstić information content (AvgIpc) is 4.32. The normalized spacial score (nSPS) is 14.4. The van der Waals surface area contributed by atoms with E-state index in [2.05, 4.69) is 126 Å². The first-order valence-corrected chi connectivity index (χ1v) is 24.7. The number of rotatable bonds is 3. The van der Waals surface area contributed by atoms with E-state index in [0.717, 1.165) is 65.9 Å². The Morgan fingerprint density at radius 2 is 0.962 bits per heavy atom. The predicted molar refractivity (Wildman–Crippen MR) is 280 cm³/mol. The molecular formula is C58H45F2N15O3. The van der Waals surface area contributed by atoms with Gasteiger partial charge in [0, 0.05) is 68.3 Å². The van der Waals surface area contributed by atoms with Gasteiger partial charge in [0.25, 0.3) is 0 Å². The zero-order chi connectivity index (χ0) is 54.4. The Hall–Kier alpha value is -10.1. The molecule has 3 N–H and O–H groups in total. The molecule has 6 aromatic heterocycles. The van der Waals surface area contributed by atoms with Crippen molar-refractivity contribution in [2.45, 2.75) is 72.6 Å². The van der Waals surface area contributed by atoms with Gasteiger partial charge in [0.1, 0.15) is 28.7 Å². The van der Waals surface area contributed by atoms with Crippen LogP contribution in [0.2, 0.25) is 0 Å². The van der Waals surface area contributed by atoms with Crippen molar-refractivity contribution in [2.24, 2.45) is 10.8 Å². The quantitative estimate of drug-likeness (QED) is 0.141. The molecule has 18 nitrogen and oxygen atoms in total. The summed E-state index contributed by atoms with van der Waals surface area (Å²) in [5, 5.41) is 40.9. The molecule has 0 saturated heterocycles. The third kappa shape index (κ3) is 12.2. The smallest absolute Gasteiger partial charge is 0.204 e. The molecule has 0 aliphatic heterocycles. The number of aromatic nitrogens is 15. The molecule has 0 atom stereocenters. The van der Waals surface area contributed by atoms with E-state index >= 15 is 0 Å². The zero-order valence-electron chi connectivity index (χ0n) is 42.5. The first kappa shape index (κ1) is 51.4. The maximum Gasteiger partial charge on any atom is 0.204 e. The van der Waals surface area contributed by atoms with Gasteiger partial charge in [0.2, 0.25) is 17.5 Å². The van der Waals surface area contributed by atoms with Gasteiger partial charge < -0.3 is 0 Å². The van der Waals surface area contributed by atoms with Crippen LogP contribution in [0.25, 0.3) is 34.2 Å². The number of nitrogens with one attached hydrogen (secondary N) is 3. The van der Waals surface area contributed by atoms with Crippen LogP contribution in [0.3, 0.4) is 0 Å². The number of H-pyrrole nitrogens is 3. The van der Waals surface area contributed by atoms with Crippen molar-refractivity contribution in [1.82, 2.24) is 76.8 Å². The average molecular weight is 1040 g/mol.